The minimum absolute atomic E-state index is 0.682. The van der Waals surface area contributed by atoms with Gasteiger partial charge in [0.05, 0.1) is 0 Å². The molecule has 0 aliphatic heterocycles. The normalized spacial score (nSPS) is 20.8. The van der Waals surface area contributed by atoms with E-state index in [1.807, 2.05) is 0 Å². The molecule has 1 aliphatic rings. The molecule has 1 rings (SSSR count). The van der Waals surface area contributed by atoms with Crippen LogP contribution in [-0.2, 0) is 0 Å². The zero-order valence-electron chi connectivity index (χ0n) is 10.8. The van der Waals surface area contributed by atoms with Crippen LogP contribution < -0.4 is 5.32 Å². The van der Waals surface area contributed by atoms with Crippen molar-refractivity contribution in [3.8, 4) is 0 Å². The molecule has 0 aromatic heterocycles. The van der Waals surface area contributed by atoms with Crippen LogP contribution in [0, 0.1) is 0 Å². The standard InChI is InChI=1S/C13H28N2/c1-4-12(14-5-2)11-15(3)13-9-7-6-8-10-13/h12-14H,4-11H2,1-3H3. The third-order valence-corrected chi connectivity index (χ3v) is 3.69. The fourth-order valence-corrected chi connectivity index (χ4v) is 2.65. The molecule has 1 N–H and O–H groups in total. The van der Waals surface area contributed by atoms with Crippen molar-refractivity contribution in [2.24, 2.45) is 0 Å². The lowest BCUT2D eigenvalue weighted by molar-refractivity contribution is 0.173. The lowest BCUT2D eigenvalue weighted by Gasteiger charge is -2.33. The van der Waals surface area contributed by atoms with E-state index >= 15 is 0 Å². The molecule has 0 aromatic rings. The van der Waals surface area contributed by atoms with E-state index in [-0.39, 0.29) is 0 Å². The van der Waals surface area contributed by atoms with Crippen LogP contribution in [0.3, 0.4) is 0 Å². The Morgan fingerprint density at radius 3 is 2.40 bits per heavy atom. The van der Waals surface area contributed by atoms with Crippen LogP contribution in [-0.4, -0.2) is 37.1 Å². The summed E-state index contributed by atoms with van der Waals surface area (Å²) < 4.78 is 0. The number of rotatable bonds is 6. The molecule has 1 aliphatic carbocycles. The average Bonchev–Trinajstić information content (AvgIpc) is 2.29. The molecule has 1 fully saturated rings. The highest BCUT2D eigenvalue weighted by atomic mass is 15.2. The van der Waals surface area contributed by atoms with Crippen LogP contribution in [0.4, 0.5) is 0 Å². The van der Waals surface area contributed by atoms with Crippen molar-refractivity contribution in [3.63, 3.8) is 0 Å². The van der Waals surface area contributed by atoms with Gasteiger partial charge in [-0.2, -0.15) is 0 Å². The number of hydrogen-bond donors (Lipinski definition) is 1. The van der Waals surface area contributed by atoms with Gasteiger partial charge in [-0.05, 0) is 32.9 Å². The van der Waals surface area contributed by atoms with Crippen molar-refractivity contribution >= 4 is 0 Å². The van der Waals surface area contributed by atoms with Gasteiger partial charge in [0, 0.05) is 18.6 Å². The first kappa shape index (κ1) is 13.0. The van der Waals surface area contributed by atoms with Gasteiger partial charge in [0.2, 0.25) is 0 Å². The molecule has 0 aromatic carbocycles. The molecule has 0 radical (unpaired) electrons. The molecule has 1 atom stereocenters. The van der Waals surface area contributed by atoms with E-state index in [4.69, 9.17) is 0 Å². The molecule has 90 valence electrons. The molecule has 2 heteroatoms. The van der Waals surface area contributed by atoms with Gasteiger partial charge < -0.3 is 10.2 Å². The Morgan fingerprint density at radius 2 is 1.87 bits per heavy atom. The van der Waals surface area contributed by atoms with E-state index in [1.165, 1.54) is 45.1 Å². The number of hydrogen-bond acceptors (Lipinski definition) is 2. The molecule has 0 amide bonds. The Kier molecular flexibility index (Phi) is 6.26. The summed E-state index contributed by atoms with van der Waals surface area (Å²) in [4.78, 5) is 2.58. The minimum atomic E-state index is 0.682. The molecular formula is C13H28N2. The van der Waals surface area contributed by atoms with Gasteiger partial charge in [-0.15, -0.1) is 0 Å². The summed E-state index contributed by atoms with van der Waals surface area (Å²) >= 11 is 0. The molecule has 0 spiro atoms. The van der Waals surface area contributed by atoms with Gasteiger partial charge in [-0.3, -0.25) is 0 Å². The number of likely N-dealkylation sites (N-methyl/N-ethyl adjacent to an activating group) is 2. The highest BCUT2D eigenvalue weighted by Crippen LogP contribution is 2.21. The second-order valence-corrected chi connectivity index (χ2v) is 4.89. The summed E-state index contributed by atoms with van der Waals surface area (Å²) in [5.74, 6) is 0. The maximum atomic E-state index is 3.56. The Labute approximate surface area is 95.4 Å². The first-order valence-electron chi connectivity index (χ1n) is 6.71. The van der Waals surface area contributed by atoms with Gasteiger partial charge in [0.1, 0.15) is 0 Å². The fraction of sp³-hybridized carbons (Fsp3) is 1.00. The summed E-state index contributed by atoms with van der Waals surface area (Å²) in [6.45, 7) is 6.79. The summed E-state index contributed by atoms with van der Waals surface area (Å²) in [5.41, 5.74) is 0. The smallest absolute Gasteiger partial charge is 0.0192 e. The lowest BCUT2D eigenvalue weighted by atomic mass is 9.94. The Bertz CT molecular complexity index is 153. The molecule has 0 saturated heterocycles. The Hall–Kier alpha value is -0.0800. The SMILES string of the molecule is CCNC(CC)CN(C)C1CCCCC1. The van der Waals surface area contributed by atoms with Crippen molar-refractivity contribution in [2.75, 3.05) is 20.1 Å². The Morgan fingerprint density at radius 1 is 1.20 bits per heavy atom. The highest BCUT2D eigenvalue weighted by molar-refractivity contribution is 4.77. The third kappa shape index (κ3) is 4.52. The van der Waals surface area contributed by atoms with Crippen LogP contribution >= 0.6 is 0 Å². The maximum absolute atomic E-state index is 3.56. The quantitative estimate of drug-likeness (QED) is 0.728. The van der Waals surface area contributed by atoms with Gasteiger partial charge >= 0.3 is 0 Å². The average molecular weight is 212 g/mol. The van der Waals surface area contributed by atoms with E-state index in [0.717, 1.165) is 12.6 Å². The zero-order valence-corrected chi connectivity index (χ0v) is 10.8. The lowest BCUT2D eigenvalue weighted by Crippen LogP contribution is -2.43. The van der Waals surface area contributed by atoms with E-state index < -0.39 is 0 Å². The topological polar surface area (TPSA) is 15.3 Å². The predicted octanol–water partition coefficient (Wildman–Crippen LogP) is 2.64. The van der Waals surface area contributed by atoms with Crippen LogP contribution in [0.5, 0.6) is 0 Å². The number of nitrogens with one attached hydrogen (secondary N) is 1. The van der Waals surface area contributed by atoms with Gasteiger partial charge in [0.25, 0.3) is 0 Å². The minimum Gasteiger partial charge on any atom is -0.313 e. The van der Waals surface area contributed by atoms with Crippen molar-refractivity contribution in [2.45, 2.75) is 64.5 Å². The second-order valence-electron chi connectivity index (χ2n) is 4.89. The van der Waals surface area contributed by atoms with Crippen LogP contribution in [0.2, 0.25) is 0 Å². The zero-order chi connectivity index (χ0) is 11.1. The highest BCUT2D eigenvalue weighted by Gasteiger charge is 2.19. The van der Waals surface area contributed by atoms with Gasteiger partial charge in [-0.25, -0.2) is 0 Å². The van der Waals surface area contributed by atoms with Crippen LogP contribution in [0.1, 0.15) is 52.4 Å². The van der Waals surface area contributed by atoms with Crippen molar-refractivity contribution in [1.82, 2.24) is 10.2 Å². The Balaban J connectivity index is 2.28. The molecule has 0 bridgehead atoms. The van der Waals surface area contributed by atoms with Crippen molar-refractivity contribution in [1.29, 1.82) is 0 Å². The molecule has 1 saturated carbocycles. The largest absolute Gasteiger partial charge is 0.313 e. The van der Waals surface area contributed by atoms with E-state index in [0.29, 0.717) is 6.04 Å². The van der Waals surface area contributed by atoms with Crippen molar-refractivity contribution in [3.05, 3.63) is 0 Å². The van der Waals surface area contributed by atoms with Crippen LogP contribution in [0.15, 0.2) is 0 Å². The molecule has 2 nitrogen and oxygen atoms in total. The van der Waals surface area contributed by atoms with Gasteiger partial charge in [0.15, 0.2) is 0 Å². The predicted molar refractivity (Wildman–Crippen MR) is 67.3 cm³/mol. The van der Waals surface area contributed by atoms with E-state index in [1.54, 1.807) is 0 Å². The molecule has 15 heavy (non-hydrogen) atoms. The molecule has 1 unspecified atom stereocenters. The summed E-state index contributed by atoms with van der Waals surface area (Å²) in [5, 5.41) is 3.56. The van der Waals surface area contributed by atoms with E-state index in [2.05, 4.69) is 31.1 Å². The fourth-order valence-electron chi connectivity index (χ4n) is 2.65. The maximum Gasteiger partial charge on any atom is 0.0192 e. The van der Waals surface area contributed by atoms with E-state index in [9.17, 15) is 0 Å². The monoisotopic (exact) mass is 212 g/mol. The summed E-state index contributed by atoms with van der Waals surface area (Å²) in [7, 11) is 2.30. The summed E-state index contributed by atoms with van der Waals surface area (Å²) in [6, 6.07) is 1.54. The number of nitrogens with zero attached hydrogens (tertiary/aromatic N) is 1. The van der Waals surface area contributed by atoms with Gasteiger partial charge in [-0.1, -0.05) is 33.1 Å². The van der Waals surface area contributed by atoms with Crippen LogP contribution in [0.25, 0.3) is 0 Å². The molecular weight excluding hydrogens is 184 g/mol. The first-order chi connectivity index (χ1) is 7.27. The molecule has 0 heterocycles. The third-order valence-electron chi connectivity index (χ3n) is 3.69. The summed E-state index contributed by atoms with van der Waals surface area (Å²) in [6.07, 6.45) is 8.40. The van der Waals surface area contributed by atoms with Crippen molar-refractivity contribution < 1.29 is 0 Å². The first-order valence-corrected chi connectivity index (χ1v) is 6.71. The second kappa shape index (κ2) is 7.24.